The second-order valence-corrected chi connectivity index (χ2v) is 10.1. The van der Waals surface area contributed by atoms with E-state index in [0.717, 1.165) is 6.42 Å². The molecule has 1 amide bonds. The number of hydrogen-bond acceptors (Lipinski definition) is 7. The van der Waals surface area contributed by atoms with Gasteiger partial charge >= 0.3 is 0 Å². The maximum absolute atomic E-state index is 13.4. The number of hydrogen-bond donors (Lipinski definition) is 1. The van der Waals surface area contributed by atoms with Crippen molar-refractivity contribution >= 4 is 17.4 Å². The number of nitrogens with zero attached hydrogens (tertiary/aromatic N) is 3. The standard InChI is InChI=1S/C30H33N3O6/c1-20(2)9-14-37-23-6-3-5-21(17-23)27-26(28(34)22-7-8-24-25(18-22)39-16-15-38-24)29(35)30(36)33(27)12-4-11-32-13-10-31-19-32/h3,5-8,10,13,17-20,27,34H,4,9,11-12,14-16H2,1-2H3/t27-/m0/s1. The number of aromatic nitrogens is 2. The molecule has 0 saturated carbocycles. The number of rotatable bonds is 10. The molecule has 9 heteroatoms. The summed E-state index contributed by atoms with van der Waals surface area (Å²) in [7, 11) is 0. The van der Waals surface area contributed by atoms with Crippen LogP contribution in [0.2, 0.25) is 0 Å². The lowest BCUT2D eigenvalue weighted by Gasteiger charge is -2.26. The van der Waals surface area contributed by atoms with E-state index >= 15 is 0 Å². The molecule has 1 aromatic heterocycles. The largest absolute Gasteiger partial charge is 0.507 e. The zero-order chi connectivity index (χ0) is 27.4. The Labute approximate surface area is 227 Å². The molecular formula is C30H33N3O6. The molecule has 1 atom stereocenters. The molecule has 2 aromatic carbocycles. The zero-order valence-electron chi connectivity index (χ0n) is 22.2. The average molecular weight is 532 g/mol. The van der Waals surface area contributed by atoms with Gasteiger partial charge in [0.15, 0.2) is 11.5 Å². The Bertz CT molecular complexity index is 1360. The Hall–Kier alpha value is -4.27. The van der Waals surface area contributed by atoms with Crippen molar-refractivity contribution in [2.75, 3.05) is 26.4 Å². The van der Waals surface area contributed by atoms with E-state index in [1.807, 2.05) is 35.0 Å². The van der Waals surface area contributed by atoms with Crippen LogP contribution in [0.5, 0.6) is 17.2 Å². The number of aryl methyl sites for hydroxylation is 1. The molecule has 3 aromatic rings. The molecule has 0 bridgehead atoms. The van der Waals surface area contributed by atoms with Gasteiger partial charge in [-0.15, -0.1) is 0 Å². The first-order valence-corrected chi connectivity index (χ1v) is 13.3. The second kappa shape index (κ2) is 11.6. The van der Waals surface area contributed by atoms with Crippen molar-refractivity contribution in [3.05, 3.63) is 77.9 Å². The van der Waals surface area contributed by atoms with E-state index in [-0.39, 0.29) is 11.3 Å². The van der Waals surface area contributed by atoms with Crippen molar-refractivity contribution in [2.24, 2.45) is 5.92 Å². The fourth-order valence-corrected chi connectivity index (χ4v) is 4.83. The molecule has 9 nitrogen and oxygen atoms in total. The van der Waals surface area contributed by atoms with Crippen LogP contribution in [0.15, 0.2) is 66.8 Å². The third kappa shape index (κ3) is 5.77. The van der Waals surface area contributed by atoms with E-state index in [1.54, 1.807) is 30.7 Å². The summed E-state index contributed by atoms with van der Waals surface area (Å²) in [6.07, 6.45) is 6.77. The molecule has 2 aliphatic rings. The lowest BCUT2D eigenvalue weighted by atomic mass is 9.95. The predicted molar refractivity (Wildman–Crippen MR) is 145 cm³/mol. The van der Waals surface area contributed by atoms with Crippen LogP contribution < -0.4 is 14.2 Å². The molecule has 0 aliphatic carbocycles. The van der Waals surface area contributed by atoms with Crippen molar-refractivity contribution in [3.63, 3.8) is 0 Å². The Balaban J connectivity index is 1.50. The maximum Gasteiger partial charge on any atom is 0.295 e. The third-order valence-corrected chi connectivity index (χ3v) is 6.87. The van der Waals surface area contributed by atoms with Crippen molar-refractivity contribution in [2.45, 2.75) is 39.3 Å². The number of carbonyl (C=O) groups is 2. The highest BCUT2D eigenvalue weighted by molar-refractivity contribution is 6.46. The molecule has 1 fully saturated rings. The number of amides is 1. The van der Waals surface area contributed by atoms with Gasteiger partial charge in [0.2, 0.25) is 0 Å². The molecule has 2 aliphatic heterocycles. The molecule has 0 unspecified atom stereocenters. The number of ether oxygens (including phenoxy) is 3. The fourth-order valence-electron chi connectivity index (χ4n) is 4.83. The molecule has 204 valence electrons. The fraction of sp³-hybridized carbons (Fsp3) is 0.367. The van der Waals surface area contributed by atoms with E-state index in [0.29, 0.717) is 73.6 Å². The van der Waals surface area contributed by atoms with Gasteiger partial charge in [-0.1, -0.05) is 26.0 Å². The van der Waals surface area contributed by atoms with Crippen molar-refractivity contribution in [1.29, 1.82) is 0 Å². The first-order valence-electron chi connectivity index (χ1n) is 13.3. The van der Waals surface area contributed by atoms with Crippen LogP contribution in [0.3, 0.4) is 0 Å². The molecule has 0 radical (unpaired) electrons. The van der Waals surface area contributed by atoms with Crippen LogP contribution in [0.4, 0.5) is 0 Å². The second-order valence-electron chi connectivity index (χ2n) is 10.1. The van der Waals surface area contributed by atoms with E-state index in [4.69, 9.17) is 14.2 Å². The molecule has 1 N–H and O–H groups in total. The van der Waals surface area contributed by atoms with Crippen LogP contribution >= 0.6 is 0 Å². The molecule has 0 spiro atoms. The van der Waals surface area contributed by atoms with Crippen molar-refractivity contribution < 1.29 is 28.9 Å². The Morgan fingerprint density at radius 3 is 2.69 bits per heavy atom. The first-order chi connectivity index (χ1) is 18.9. The van der Waals surface area contributed by atoms with Gasteiger partial charge in [0.1, 0.15) is 24.7 Å². The van der Waals surface area contributed by atoms with Gasteiger partial charge in [-0.05, 0) is 54.7 Å². The summed E-state index contributed by atoms with van der Waals surface area (Å²) in [5.41, 5.74) is 1.11. The van der Waals surface area contributed by atoms with Gasteiger partial charge in [0.25, 0.3) is 11.7 Å². The summed E-state index contributed by atoms with van der Waals surface area (Å²) >= 11 is 0. The van der Waals surface area contributed by atoms with Crippen LogP contribution in [0.1, 0.15) is 43.9 Å². The number of carbonyl (C=O) groups excluding carboxylic acids is 2. The molecule has 1 saturated heterocycles. The van der Waals surface area contributed by atoms with E-state index in [2.05, 4.69) is 18.8 Å². The summed E-state index contributed by atoms with van der Waals surface area (Å²) < 4.78 is 19.2. The lowest BCUT2D eigenvalue weighted by Crippen LogP contribution is -2.31. The van der Waals surface area contributed by atoms with Gasteiger partial charge in [0, 0.05) is 31.0 Å². The normalized spacial score (nSPS) is 18.1. The summed E-state index contributed by atoms with van der Waals surface area (Å²) in [5.74, 6) is 0.589. The smallest absolute Gasteiger partial charge is 0.295 e. The monoisotopic (exact) mass is 531 g/mol. The lowest BCUT2D eigenvalue weighted by molar-refractivity contribution is -0.139. The van der Waals surface area contributed by atoms with Crippen LogP contribution in [-0.2, 0) is 16.1 Å². The van der Waals surface area contributed by atoms with Gasteiger partial charge in [-0.25, -0.2) is 4.98 Å². The van der Waals surface area contributed by atoms with E-state index in [9.17, 15) is 14.7 Å². The number of aliphatic hydroxyl groups is 1. The number of benzene rings is 2. The average Bonchev–Trinajstić information content (AvgIpc) is 3.55. The van der Waals surface area contributed by atoms with Crippen LogP contribution in [-0.4, -0.2) is 57.6 Å². The van der Waals surface area contributed by atoms with Gasteiger partial charge in [-0.2, -0.15) is 0 Å². The number of aliphatic hydroxyl groups excluding tert-OH is 1. The first kappa shape index (κ1) is 26.3. The number of fused-ring (bicyclic) bond motifs is 1. The van der Waals surface area contributed by atoms with E-state index in [1.165, 1.54) is 4.90 Å². The number of Topliss-reactive ketones (excluding diaryl/α,β-unsaturated/α-hetero) is 1. The quantitative estimate of drug-likeness (QED) is 0.232. The molecule has 3 heterocycles. The number of likely N-dealkylation sites (tertiary alicyclic amines) is 1. The number of imidazole rings is 1. The van der Waals surface area contributed by atoms with Crippen LogP contribution in [0.25, 0.3) is 5.76 Å². The van der Waals surface area contributed by atoms with Gasteiger partial charge in [-0.3, -0.25) is 9.59 Å². The zero-order valence-corrected chi connectivity index (χ0v) is 22.2. The number of ketones is 1. The van der Waals surface area contributed by atoms with Gasteiger partial charge < -0.3 is 28.8 Å². The maximum atomic E-state index is 13.4. The summed E-state index contributed by atoms with van der Waals surface area (Å²) in [4.78, 5) is 32.3. The minimum Gasteiger partial charge on any atom is -0.507 e. The third-order valence-electron chi connectivity index (χ3n) is 6.87. The minimum absolute atomic E-state index is 0.0404. The Morgan fingerprint density at radius 2 is 1.92 bits per heavy atom. The van der Waals surface area contributed by atoms with Crippen LogP contribution in [0, 0.1) is 5.92 Å². The Kier molecular flexibility index (Phi) is 7.86. The van der Waals surface area contributed by atoms with Gasteiger partial charge in [0.05, 0.1) is 24.5 Å². The highest BCUT2D eigenvalue weighted by Gasteiger charge is 2.46. The van der Waals surface area contributed by atoms with E-state index < -0.39 is 17.7 Å². The van der Waals surface area contributed by atoms with Crippen molar-refractivity contribution in [3.8, 4) is 17.2 Å². The highest BCUT2D eigenvalue weighted by atomic mass is 16.6. The predicted octanol–water partition coefficient (Wildman–Crippen LogP) is 4.59. The Morgan fingerprint density at radius 1 is 1.10 bits per heavy atom. The molecule has 39 heavy (non-hydrogen) atoms. The summed E-state index contributed by atoms with van der Waals surface area (Å²) in [5, 5.41) is 11.4. The highest BCUT2D eigenvalue weighted by Crippen LogP contribution is 2.41. The summed E-state index contributed by atoms with van der Waals surface area (Å²) in [6, 6.07) is 11.6. The SMILES string of the molecule is CC(C)CCOc1cccc([C@H]2C(=C(O)c3ccc4c(c3)OCCO4)C(=O)C(=O)N2CCCn2ccnc2)c1. The summed E-state index contributed by atoms with van der Waals surface area (Å²) in [6.45, 7) is 6.62. The minimum atomic E-state index is -0.769. The molecular weight excluding hydrogens is 498 g/mol. The topological polar surface area (TPSA) is 103 Å². The van der Waals surface area contributed by atoms with Crippen molar-refractivity contribution in [1.82, 2.24) is 14.5 Å². The molecule has 5 rings (SSSR count).